The molecule has 3 aromatic carbocycles. The summed E-state index contributed by atoms with van der Waals surface area (Å²) in [5.41, 5.74) is 4.37. The predicted molar refractivity (Wildman–Crippen MR) is 140 cm³/mol. The van der Waals surface area contributed by atoms with Gasteiger partial charge in [0.1, 0.15) is 5.82 Å². The van der Waals surface area contributed by atoms with Gasteiger partial charge in [0, 0.05) is 26.2 Å². The van der Waals surface area contributed by atoms with Gasteiger partial charge in [-0.1, -0.05) is 65.4 Å². The van der Waals surface area contributed by atoms with Crippen molar-refractivity contribution < 1.29 is 4.39 Å². The number of nitrogens with zero attached hydrogens (tertiary/aromatic N) is 7. The number of hydrogen-bond donors (Lipinski definition) is 0. The van der Waals surface area contributed by atoms with E-state index in [1.54, 1.807) is 23.5 Å². The lowest BCUT2D eigenvalue weighted by molar-refractivity contribution is 0.201. The molecule has 3 heterocycles. The molecule has 5 aromatic rings. The molecule has 2 aromatic heterocycles. The van der Waals surface area contributed by atoms with E-state index in [0.29, 0.717) is 6.54 Å². The minimum atomic E-state index is -0.251. The van der Waals surface area contributed by atoms with E-state index >= 15 is 0 Å². The van der Waals surface area contributed by atoms with Gasteiger partial charge in [-0.05, 0) is 52.7 Å². The van der Waals surface area contributed by atoms with Crippen LogP contribution >= 0.6 is 11.3 Å². The third-order valence-electron chi connectivity index (χ3n) is 6.68. The van der Waals surface area contributed by atoms with Crippen LogP contribution in [0.4, 0.5) is 9.52 Å². The molecule has 0 spiro atoms. The standard InChI is InChI=1S/C27H26FN7S/c1-19-6-10-21(11-7-19)25(26-30-31-32-35(26)18-20-8-12-22(28)13-9-20)33-14-16-34(17-15-33)27-29-23-4-2-3-5-24(23)36-27/h2-13,25H,14-18H2,1H3/t25-/m1/s1. The van der Waals surface area contributed by atoms with Crippen molar-refractivity contribution in [3.05, 3.63) is 101 Å². The number of piperazine rings is 1. The zero-order valence-electron chi connectivity index (χ0n) is 20.0. The number of fused-ring (bicyclic) bond motifs is 1. The van der Waals surface area contributed by atoms with Crippen LogP contribution in [0.3, 0.4) is 0 Å². The van der Waals surface area contributed by atoms with Crippen LogP contribution in [0.2, 0.25) is 0 Å². The summed E-state index contributed by atoms with van der Waals surface area (Å²) >= 11 is 1.75. The average molecular weight is 500 g/mol. The molecule has 7 nitrogen and oxygen atoms in total. The zero-order valence-corrected chi connectivity index (χ0v) is 20.8. The summed E-state index contributed by atoms with van der Waals surface area (Å²) in [7, 11) is 0. The molecule has 0 amide bonds. The van der Waals surface area contributed by atoms with E-state index in [1.165, 1.54) is 22.4 Å². The van der Waals surface area contributed by atoms with Crippen LogP contribution in [0.15, 0.2) is 72.8 Å². The first-order chi connectivity index (χ1) is 17.6. The van der Waals surface area contributed by atoms with Crippen molar-refractivity contribution >= 4 is 26.7 Å². The van der Waals surface area contributed by atoms with Crippen molar-refractivity contribution in [3.8, 4) is 0 Å². The van der Waals surface area contributed by atoms with Crippen LogP contribution in [0, 0.1) is 12.7 Å². The third kappa shape index (κ3) is 4.59. The van der Waals surface area contributed by atoms with Gasteiger partial charge >= 0.3 is 0 Å². The van der Waals surface area contributed by atoms with Crippen molar-refractivity contribution in [2.45, 2.75) is 19.5 Å². The molecule has 0 saturated carbocycles. The summed E-state index contributed by atoms with van der Waals surface area (Å²) in [6, 6.07) is 23.3. The van der Waals surface area contributed by atoms with Crippen molar-refractivity contribution in [1.82, 2.24) is 30.1 Å². The number of rotatable bonds is 6. The molecule has 182 valence electrons. The van der Waals surface area contributed by atoms with Crippen LogP contribution in [0.1, 0.15) is 28.6 Å². The maximum atomic E-state index is 13.4. The molecule has 1 aliphatic heterocycles. The largest absolute Gasteiger partial charge is 0.345 e. The fraction of sp³-hybridized carbons (Fsp3) is 0.259. The van der Waals surface area contributed by atoms with Gasteiger partial charge in [0.05, 0.1) is 22.8 Å². The summed E-state index contributed by atoms with van der Waals surface area (Å²) in [5.74, 6) is 0.538. The van der Waals surface area contributed by atoms with E-state index in [0.717, 1.165) is 53.8 Å². The van der Waals surface area contributed by atoms with Crippen LogP contribution < -0.4 is 4.90 Å². The van der Waals surface area contributed by atoms with Gasteiger partial charge in [0.15, 0.2) is 11.0 Å². The number of aryl methyl sites for hydroxylation is 1. The second kappa shape index (κ2) is 9.75. The Kier molecular flexibility index (Phi) is 6.16. The Morgan fingerprint density at radius 1 is 0.917 bits per heavy atom. The highest BCUT2D eigenvalue weighted by Crippen LogP contribution is 2.32. The molecule has 0 N–H and O–H groups in total. The maximum Gasteiger partial charge on any atom is 0.186 e. The Bertz CT molecular complexity index is 1420. The number of tetrazole rings is 1. The molecular formula is C27H26FN7S. The SMILES string of the molecule is Cc1ccc([C@H](c2nnnn2Cc2ccc(F)cc2)N2CCN(c3nc4ccccc4s3)CC2)cc1. The van der Waals surface area contributed by atoms with E-state index in [4.69, 9.17) is 4.98 Å². The maximum absolute atomic E-state index is 13.4. The van der Waals surface area contributed by atoms with Gasteiger partial charge in [-0.3, -0.25) is 4.90 Å². The van der Waals surface area contributed by atoms with Crippen LogP contribution in [0.5, 0.6) is 0 Å². The van der Waals surface area contributed by atoms with E-state index in [-0.39, 0.29) is 11.9 Å². The second-order valence-corrected chi connectivity index (χ2v) is 10.1. The molecule has 0 unspecified atom stereocenters. The van der Waals surface area contributed by atoms with Crippen molar-refractivity contribution in [2.75, 3.05) is 31.1 Å². The summed E-state index contributed by atoms with van der Waals surface area (Å²) < 4.78 is 16.5. The Hall–Kier alpha value is -3.69. The second-order valence-electron chi connectivity index (χ2n) is 9.12. The van der Waals surface area contributed by atoms with E-state index in [1.807, 2.05) is 10.7 Å². The summed E-state index contributed by atoms with van der Waals surface area (Å²) in [6.07, 6.45) is 0. The molecule has 0 bridgehead atoms. The fourth-order valence-corrected chi connectivity index (χ4v) is 5.74. The van der Waals surface area contributed by atoms with Gasteiger partial charge in [0.25, 0.3) is 0 Å². The van der Waals surface area contributed by atoms with Crippen molar-refractivity contribution in [1.29, 1.82) is 0 Å². The van der Waals surface area contributed by atoms with Gasteiger partial charge in [0.2, 0.25) is 0 Å². The molecule has 36 heavy (non-hydrogen) atoms. The third-order valence-corrected chi connectivity index (χ3v) is 7.77. The number of para-hydroxylation sites is 1. The Labute approximate surface area is 212 Å². The molecule has 1 fully saturated rings. The Morgan fingerprint density at radius 3 is 2.42 bits per heavy atom. The molecule has 0 radical (unpaired) electrons. The molecular weight excluding hydrogens is 473 g/mol. The minimum absolute atomic E-state index is 0.0847. The molecule has 1 atom stereocenters. The first-order valence-corrected chi connectivity index (χ1v) is 12.9. The summed E-state index contributed by atoms with van der Waals surface area (Å²) in [5, 5.41) is 13.9. The molecule has 1 saturated heterocycles. The highest BCUT2D eigenvalue weighted by Gasteiger charge is 2.31. The molecule has 6 rings (SSSR count). The van der Waals surface area contributed by atoms with Gasteiger partial charge in [-0.15, -0.1) is 5.10 Å². The monoisotopic (exact) mass is 499 g/mol. The highest BCUT2D eigenvalue weighted by molar-refractivity contribution is 7.22. The van der Waals surface area contributed by atoms with Crippen molar-refractivity contribution in [2.24, 2.45) is 0 Å². The van der Waals surface area contributed by atoms with Crippen LogP contribution in [0.25, 0.3) is 10.2 Å². The fourth-order valence-electron chi connectivity index (χ4n) is 4.72. The van der Waals surface area contributed by atoms with Gasteiger partial charge in [-0.2, -0.15) is 0 Å². The number of hydrogen-bond acceptors (Lipinski definition) is 7. The number of aromatic nitrogens is 5. The number of halogens is 1. The van der Waals surface area contributed by atoms with Crippen LogP contribution in [-0.2, 0) is 6.54 Å². The number of anilines is 1. The topological polar surface area (TPSA) is 63.0 Å². The summed E-state index contributed by atoms with van der Waals surface area (Å²) in [6.45, 7) is 6.05. The molecule has 9 heteroatoms. The smallest absolute Gasteiger partial charge is 0.186 e. The lowest BCUT2D eigenvalue weighted by atomic mass is 10.0. The van der Waals surface area contributed by atoms with E-state index in [9.17, 15) is 4.39 Å². The highest BCUT2D eigenvalue weighted by atomic mass is 32.1. The molecule has 1 aliphatic rings. The predicted octanol–water partition coefficient (Wildman–Crippen LogP) is 4.69. The zero-order chi connectivity index (χ0) is 24.5. The lowest BCUT2D eigenvalue weighted by Gasteiger charge is -2.38. The molecule has 0 aliphatic carbocycles. The van der Waals surface area contributed by atoms with Gasteiger partial charge in [-0.25, -0.2) is 14.1 Å². The Morgan fingerprint density at radius 2 is 1.67 bits per heavy atom. The van der Waals surface area contributed by atoms with Crippen molar-refractivity contribution in [3.63, 3.8) is 0 Å². The summed E-state index contributed by atoms with van der Waals surface area (Å²) in [4.78, 5) is 9.67. The lowest BCUT2D eigenvalue weighted by Crippen LogP contribution is -2.48. The first kappa shape index (κ1) is 22.8. The number of thiazole rings is 1. The minimum Gasteiger partial charge on any atom is -0.345 e. The average Bonchev–Trinajstić information content (AvgIpc) is 3.54. The van der Waals surface area contributed by atoms with E-state index < -0.39 is 0 Å². The Balaban J connectivity index is 1.27. The number of benzene rings is 3. The normalized spacial score (nSPS) is 15.4. The first-order valence-electron chi connectivity index (χ1n) is 12.1. The van der Waals surface area contributed by atoms with Crippen LogP contribution in [-0.4, -0.2) is 56.3 Å². The quantitative estimate of drug-likeness (QED) is 0.338. The van der Waals surface area contributed by atoms with Gasteiger partial charge < -0.3 is 4.90 Å². The van der Waals surface area contributed by atoms with E-state index in [2.05, 4.69) is 74.7 Å².